The molecule has 2 bridgehead atoms. The van der Waals surface area contributed by atoms with Crippen molar-refractivity contribution in [3.63, 3.8) is 0 Å². The molecule has 5 rings (SSSR count). The summed E-state index contributed by atoms with van der Waals surface area (Å²) in [5, 5.41) is 4.07. The number of nitrogens with zero attached hydrogens (tertiary/aromatic N) is 4. The Balaban J connectivity index is 1.65. The molecule has 3 saturated heterocycles. The fourth-order valence-corrected chi connectivity index (χ4v) is 3.06. The number of piperazine rings is 3. The number of rotatable bonds is 2. The molecule has 0 aliphatic carbocycles. The van der Waals surface area contributed by atoms with Gasteiger partial charge < -0.3 is 10.3 Å². The Morgan fingerprint density at radius 2 is 2.05 bits per heavy atom. The Hall–Kier alpha value is -1.99. The Morgan fingerprint density at radius 3 is 2.76 bits per heavy atom. The number of fused-ring (bicyclic) bond motifs is 3. The summed E-state index contributed by atoms with van der Waals surface area (Å²) in [4.78, 5) is 9.20. The molecule has 6 nitrogen and oxygen atoms in total. The van der Waals surface area contributed by atoms with Gasteiger partial charge >= 0.3 is 0 Å². The second kappa shape index (κ2) is 4.78. The lowest BCUT2D eigenvalue weighted by molar-refractivity contribution is 0.00781. The molecule has 1 aromatic heterocycles. The standard InChI is InChI=1S/C14H16FN5O/c15-9-1-2-11(16)10(7-9)14-17-13(18-21-14)12-8-19-3-5-20(12)6-4-19/h1-2,7,12H,3-6,8,16H2. The third-order valence-corrected chi connectivity index (χ3v) is 4.26. The number of nitrogen functional groups attached to an aromatic ring is 1. The van der Waals surface area contributed by atoms with E-state index in [-0.39, 0.29) is 17.7 Å². The van der Waals surface area contributed by atoms with Gasteiger partial charge in [-0.1, -0.05) is 5.16 Å². The predicted octanol–water partition coefficient (Wildman–Crippen LogP) is 1.13. The van der Waals surface area contributed by atoms with E-state index in [1.165, 1.54) is 18.2 Å². The lowest BCUT2D eigenvalue weighted by Crippen LogP contribution is -2.57. The summed E-state index contributed by atoms with van der Waals surface area (Å²) in [6.07, 6.45) is 0. The zero-order chi connectivity index (χ0) is 14.4. The van der Waals surface area contributed by atoms with Gasteiger partial charge in [-0.3, -0.25) is 9.80 Å². The lowest BCUT2D eigenvalue weighted by atomic mass is 10.1. The minimum absolute atomic E-state index is 0.153. The minimum atomic E-state index is -0.370. The second-order valence-electron chi connectivity index (χ2n) is 5.54. The van der Waals surface area contributed by atoms with Crippen LogP contribution in [0.2, 0.25) is 0 Å². The maximum atomic E-state index is 13.4. The van der Waals surface area contributed by atoms with Crippen molar-refractivity contribution in [2.75, 3.05) is 38.5 Å². The summed E-state index contributed by atoms with van der Waals surface area (Å²) in [7, 11) is 0. The number of anilines is 1. The first kappa shape index (κ1) is 12.7. The van der Waals surface area contributed by atoms with Gasteiger partial charge in [-0.2, -0.15) is 4.98 Å². The van der Waals surface area contributed by atoms with Gasteiger partial charge in [0.2, 0.25) is 0 Å². The van der Waals surface area contributed by atoms with Crippen LogP contribution in [0.3, 0.4) is 0 Å². The van der Waals surface area contributed by atoms with Gasteiger partial charge in [0.15, 0.2) is 5.82 Å². The fourth-order valence-electron chi connectivity index (χ4n) is 3.06. The molecular formula is C14H16FN5O. The van der Waals surface area contributed by atoms with E-state index in [0.717, 1.165) is 32.7 Å². The number of nitrogens with two attached hydrogens (primary N) is 1. The summed E-state index contributed by atoms with van der Waals surface area (Å²) in [6.45, 7) is 5.15. The van der Waals surface area contributed by atoms with E-state index in [0.29, 0.717) is 17.1 Å². The van der Waals surface area contributed by atoms with Crippen LogP contribution in [-0.4, -0.2) is 52.7 Å². The normalized spacial score (nSPS) is 28.0. The van der Waals surface area contributed by atoms with E-state index >= 15 is 0 Å². The van der Waals surface area contributed by atoms with Crippen LogP contribution in [0.15, 0.2) is 22.7 Å². The number of halogens is 1. The van der Waals surface area contributed by atoms with Gasteiger partial charge in [0.1, 0.15) is 5.82 Å². The molecule has 0 radical (unpaired) electrons. The first-order chi connectivity index (χ1) is 10.2. The average molecular weight is 289 g/mol. The van der Waals surface area contributed by atoms with Gasteiger partial charge in [0.25, 0.3) is 5.89 Å². The summed E-state index contributed by atoms with van der Waals surface area (Å²) < 4.78 is 18.7. The molecule has 4 heterocycles. The van der Waals surface area contributed by atoms with Crippen molar-refractivity contribution in [1.82, 2.24) is 19.9 Å². The highest BCUT2D eigenvalue weighted by Gasteiger charge is 2.35. The molecule has 1 atom stereocenters. The molecule has 3 aliphatic rings. The van der Waals surface area contributed by atoms with Gasteiger partial charge in [0.05, 0.1) is 11.6 Å². The second-order valence-corrected chi connectivity index (χ2v) is 5.54. The van der Waals surface area contributed by atoms with E-state index in [1.54, 1.807) is 0 Å². The van der Waals surface area contributed by atoms with Crippen molar-refractivity contribution >= 4 is 5.69 Å². The van der Waals surface area contributed by atoms with Crippen LogP contribution >= 0.6 is 0 Å². The first-order valence-corrected chi connectivity index (χ1v) is 7.06. The average Bonchev–Trinajstić information content (AvgIpc) is 3.00. The quantitative estimate of drug-likeness (QED) is 0.836. The lowest BCUT2D eigenvalue weighted by Gasteiger charge is -2.46. The van der Waals surface area contributed by atoms with Gasteiger partial charge in [-0.15, -0.1) is 0 Å². The molecule has 0 amide bonds. The molecule has 7 heteroatoms. The van der Waals surface area contributed by atoms with Gasteiger partial charge in [-0.05, 0) is 18.2 Å². The molecule has 2 N–H and O–H groups in total. The van der Waals surface area contributed by atoms with E-state index in [2.05, 4.69) is 19.9 Å². The van der Waals surface area contributed by atoms with Crippen LogP contribution in [0, 0.1) is 5.82 Å². The molecule has 110 valence electrons. The summed E-state index contributed by atoms with van der Waals surface area (Å²) in [6, 6.07) is 4.30. The van der Waals surface area contributed by atoms with Crippen molar-refractivity contribution in [3.8, 4) is 11.5 Å². The first-order valence-electron chi connectivity index (χ1n) is 7.06. The number of hydrogen-bond acceptors (Lipinski definition) is 6. The molecule has 3 aliphatic heterocycles. The van der Waals surface area contributed by atoms with Crippen LogP contribution < -0.4 is 5.73 Å². The molecule has 1 unspecified atom stereocenters. The molecular weight excluding hydrogens is 273 g/mol. The van der Waals surface area contributed by atoms with E-state index in [9.17, 15) is 4.39 Å². The molecule has 2 aromatic rings. The SMILES string of the molecule is Nc1ccc(F)cc1-c1nc(C2CN3CCN2CC3)no1. The summed E-state index contributed by atoms with van der Waals surface area (Å²) in [5.74, 6) is 0.559. The zero-order valence-electron chi connectivity index (χ0n) is 11.5. The molecule has 3 fully saturated rings. The van der Waals surface area contributed by atoms with E-state index in [4.69, 9.17) is 10.3 Å². The van der Waals surface area contributed by atoms with Gasteiger partial charge in [0, 0.05) is 38.4 Å². The highest BCUT2D eigenvalue weighted by molar-refractivity contribution is 5.70. The maximum absolute atomic E-state index is 13.4. The Bertz CT molecular complexity index is 665. The van der Waals surface area contributed by atoms with Crippen LogP contribution in [-0.2, 0) is 0 Å². The van der Waals surface area contributed by atoms with Gasteiger partial charge in [-0.25, -0.2) is 4.39 Å². The monoisotopic (exact) mass is 289 g/mol. The predicted molar refractivity (Wildman–Crippen MR) is 74.9 cm³/mol. The molecule has 1 aromatic carbocycles. The Morgan fingerprint density at radius 1 is 1.24 bits per heavy atom. The molecule has 21 heavy (non-hydrogen) atoms. The highest BCUT2D eigenvalue weighted by atomic mass is 19.1. The topological polar surface area (TPSA) is 71.4 Å². The van der Waals surface area contributed by atoms with Crippen molar-refractivity contribution in [1.29, 1.82) is 0 Å². The number of benzene rings is 1. The van der Waals surface area contributed by atoms with Crippen molar-refractivity contribution in [3.05, 3.63) is 29.8 Å². The highest BCUT2D eigenvalue weighted by Crippen LogP contribution is 2.30. The summed E-state index contributed by atoms with van der Waals surface area (Å²) >= 11 is 0. The van der Waals surface area contributed by atoms with Crippen molar-refractivity contribution in [2.24, 2.45) is 0 Å². The Labute approximate surface area is 121 Å². The number of hydrogen-bond donors (Lipinski definition) is 1. The molecule has 0 saturated carbocycles. The third kappa shape index (κ3) is 2.18. The Kier molecular flexibility index (Phi) is 2.90. The van der Waals surface area contributed by atoms with Crippen LogP contribution in [0.5, 0.6) is 0 Å². The minimum Gasteiger partial charge on any atom is -0.398 e. The maximum Gasteiger partial charge on any atom is 0.260 e. The van der Waals surface area contributed by atoms with Crippen LogP contribution in [0.1, 0.15) is 11.9 Å². The van der Waals surface area contributed by atoms with Crippen LogP contribution in [0.4, 0.5) is 10.1 Å². The largest absolute Gasteiger partial charge is 0.398 e. The number of aromatic nitrogens is 2. The smallest absolute Gasteiger partial charge is 0.260 e. The van der Waals surface area contributed by atoms with Crippen molar-refractivity contribution in [2.45, 2.75) is 6.04 Å². The van der Waals surface area contributed by atoms with Crippen molar-refractivity contribution < 1.29 is 8.91 Å². The van der Waals surface area contributed by atoms with E-state index in [1.807, 2.05) is 0 Å². The zero-order valence-corrected chi connectivity index (χ0v) is 11.5. The molecule has 0 spiro atoms. The van der Waals surface area contributed by atoms with E-state index < -0.39 is 0 Å². The summed E-state index contributed by atoms with van der Waals surface area (Å²) in [5.41, 5.74) is 6.74. The fraction of sp³-hybridized carbons (Fsp3) is 0.429. The van der Waals surface area contributed by atoms with Crippen LogP contribution in [0.25, 0.3) is 11.5 Å². The third-order valence-electron chi connectivity index (χ3n) is 4.26.